The second kappa shape index (κ2) is 11.1. The van der Waals surface area contributed by atoms with E-state index in [0.717, 1.165) is 23.1 Å². The number of aromatic carboxylic acids is 1. The molecule has 0 radical (unpaired) electrons. The van der Waals surface area contributed by atoms with E-state index in [9.17, 15) is 31.5 Å². The van der Waals surface area contributed by atoms with Gasteiger partial charge < -0.3 is 19.1 Å². The number of fused-ring (bicyclic) bond motifs is 2. The molecule has 5 aromatic rings. The molecule has 41 heavy (non-hydrogen) atoms. The molecule has 5 rings (SSSR count). The van der Waals surface area contributed by atoms with Crippen LogP contribution in [0.25, 0.3) is 33.3 Å². The summed E-state index contributed by atoms with van der Waals surface area (Å²) >= 11 is 0. The second-order valence-electron chi connectivity index (χ2n) is 9.28. The summed E-state index contributed by atoms with van der Waals surface area (Å²) in [7, 11) is -5.49. The van der Waals surface area contributed by atoms with E-state index in [-0.39, 0.29) is 46.3 Å². The minimum Gasteiger partial charge on any atom is -0.545 e. The Hall–Kier alpha value is -3.38. The molecule has 0 saturated carbocycles. The van der Waals surface area contributed by atoms with E-state index in [1.54, 1.807) is 32.0 Å². The van der Waals surface area contributed by atoms with Crippen molar-refractivity contribution >= 4 is 37.7 Å². The summed E-state index contributed by atoms with van der Waals surface area (Å²) < 4.78 is 74.0. The van der Waals surface area contributed by atoms with Crippen molar-refractivity contribution in [1.29, 1.82) is 0 Å². The number of aryl methyl sites for hydroxylation is 2. The van der Waals surface area contributed by atoms with Crippen LogP contribution in [0.4, 0.5) is 13.2 Å². The fourth-order valence-electron chi connectivity index (χ4n) is 4.55. The summed E-state index contributed by atoms with van der Waals surface area (Å²) in [5.41, 5.74) is -2.52. The zero-order chi connectivity index (χ0) is 29.0. The van der Waals surface area contributed by atoms with E-state index in [1.165, 1.54) is 18.2 Å². The van der Waals surface area contributed by atoms with E-state index in [2.05, 4.69) is 0 Å². The van der Waals surface area contributed by atoms with Crippen LogP contribution in [0.1, 0.15) is 40.1 Å². The Morgan fingerprint density at radius 2 is 1.68 bits per heavy atom. The third-order valence-electron chi connectivity index (χ3n) is 6.69. The number of carboxylic acids is 1. The number of sulfone groups is 1. The number of carbonyl (C=O) groups excluding carboxylic acids is 1. The first-order valence-corrected chi connectivity index (χ1v) is 13.5. The molecule has 0 saturated heterocycles. The van der Waals surface area contributed by atoms with E-state index in [0.29, 0.717) is 33.7 Å². The minimum absolute atomic E-state index is 0. The number of hydrogen-bond acceptors (Lipinski definition) is 7. The van der Waals surface area contributed by atoms with Gasteiger partial charge in [0.05, 0.1) is 21.8 Å². The number of furan rings is 1. The van der Waals surface area contributed by atoms with Gasteiger partial charge in [-0.05, 0) is 62.2 Å². The van der Waals surface area contributed by atoms with E-state index >= 15 is 0 Å². The normalized spacial score (nSPS) is 12.7. The maximum Gasteiger partial charge on any atom is 1.00 e. The first kappa shape index (κ1) is 30.6. The average Bonchev–Trinajstić information content (AvgIpc) is 3.25. The number of ether oxygens (including phenoxy) is 1. The number of rotatable bonds is 6. The van der Waals surface area contributed by atoms with Crippen molar-refractivity contribution in [2.24, 2.45) is 0 Å². The molecule has 0 amide bonds. The van der Waals surface area contributed by atoms with Crippen LogP contribution in [-0.2, 0) is 9.84 Å². The molecule has 0 unspecified atom stereocenters. The van der Waals surface area contributed by atoms with Crippen molar-refractivity contribution in [1.82, 2.24) is 4.98 Å². The molecule has 7 nitrogen and oxygen atoms in total. The molecule has 2 aromatic heterocycles. The van der Waals surface area contributed by atoms with Gasteiger partial charge in [0.1, 0.15) is 23.1 Å². The molecule has 1 atom stereocenters. The van der Waals surface area contributed by atoms with Crippen LogP contribution in [0.15, 0.2) is 76.0 Å². The van der Waals surface area contributed by atoms with Crippen LogP contribution in [0.2, 0.25) is 0 Å². The molecule has 0 aliphatic rings. The number of carbonyl (C=O) groups is 1. The van der Waals surface area contributed by atoms with Gasteiger partial charge in [0, 0.05) is 16.5 Å². The Bertz CT molecular complexity index is 1900. The Balaban J connectivity index is 0.00000387. The number of nitrogens with zero attached hydrogens (tertiary/aromatic N) is 1. The van der Waals surface area contributed by atoms with Gasteiger partial charge in [-0.1, -0.05) is 36.4 Å². The maximum absolute atomic E-state index is 12.9. The average molecular weight is 592 g/mol. The second-order valence-corrected chi connectivity index (χ2v) is 11.2. The third-order valence-corrected chi connectivity index (χ3v) is 8.19. The Kier molecular flexibility index (Phi) is 8.30. The molecule has 0 aliphatic heterocycles. The largest absolute Gasteiger partial charge is 1.00 e. The van der Waals surface area contributed by atoms with Crippen molar-refractivity contribution in [3.8, 4) is 17.2 Å². The number of pyridine rings is 1. The molecule has 3 aromatic carbocycles. The first-order chi connectivity index (χ1) is 18.8. The van der Waals surface area contributed by atoms with Gasteiger partial charge >= 0.3 is 35.1 Å². The van der Waals surface area contributed by atoms with Gasteiger partial charge in [-0.3, -0.25) is 0 Å². The molecule has 12 heteroatoms. The Labute approximate surface area is 255 Å². The fourth-order valence-corrected chi connectivity index (χ4v) is 5.31. The summed E-state index contributed by atoms with van der Waals surface area (Å²) in [6.45, 7) is 5.21. The summed E-state index contributed by atoms with van der Waals surface area (Å²) in [6, 6.07) is 16.1. The van der Waals surface area contributed by atoms with Crippen molar-refractivity contribution in [2.75, 3.05) is 0 Å². The zero-order valence-electron chi connectivity index (χ0n) is 22.4. The molecular weight excluding hydrogens is 570 g/mol. The van der Waals surface area contributed by atoms with Gasteiger partial charge in [-0.2, -0.15) is 13.2 Å². The smallest absolute Gasteiger partial charge is 0.545 e. The molecular formula is C29H21F3NNaO6S. The van der Waals surface area contributed by atoms with E-state index in [1.807, 2.05) is 25.1 Å². The summed E-state index contributed by atoms with van der Waals surface area (Å²) in [4.78, 5) is 16.1. The fraction of sp³-hybridized carbons (Fsp3) is 0.172. The van der Waals surface area contributed by atoms with Crippen LogP contribution in [-0.4, -0.2) is 24.9 Å². The Morgan fingerprint density at radius 3 is 2.29 bits per heavy atom. The van der Waals surface area contributed by atoms with Crippen molar-refractivity contribution in [2.45, 2.75) is 37.3 Å². The van der Waals surface area contributed by atoms with Crippen molar-refractivity contribution in [3.63, 3.8) is 0 Å². The van der Waals surface area contributed by atoms with Gasteiger partial charge in [0.25, 0.3) is 9.84 Å². The molecule has 0 N–H and O–H groups in total. The number of para-hydroxylation sites is 1. The standard InChI is InChI=1S/C29H22F3NO6S.Na/c1-15-8-13-24(38-17(3)18-9-11-19(12-10-18)40(36,37)29(30,31)32)25-21(28(34)35)14-22(33-26(15)25)27-16(2)20-6-4-5-7-23(20)39-27;/h4-14,17H,1-3H3,(H,34,35);/q;+1/p-1/t17-;/m1./s1. The van der Waals surface area contributed by atoms with Crippen LogP contribution >= 0.6 is 0 Å². The number of benzene rings is 3. The van der Waals surface area contributed by atoms with Crippen molar-refractivity contribution in [3.05, 3.63) is 89.0 Å². The molecule has 0 aliphatic carbocycles. The maximum atomic E-state index is 12.9. The number of alkyl halides is 3. The van der Waals surface area contributed by atoms with Crippen LogP contribution in [0.3, 0.4) is 0 Å². The van der Waals surface area contributed by atoms with Crippen LogP contribution in [0, 0.1) is 13.8 Å². The minimum atomic E-state index is -5.49. The summed E-state index contributed by atoms with van der Waals surface area (Å²) in [5, 5.41) is 13.4. The zero-order valence-corrected chi connectivity index (χ0v) is 25.2. The van der Waals surface area contributed by atoms with Crippen LogP contribution in [0.5, 0.6) is 5.75 Å². The monoisotopic (exact) mass is 591 g/mol. The quantitative estimate of drug-likeness (QED) is 0.279. The predicted molar refractivity (Wildman–Crippen MR) is 139 cm³/mol. The molecule has 206 valence electrons. The van der Waals surface area contributed by atoms with Crippen molar-refractivity contribution < 1.29 is 70.2 Å². The third kappa shape index (κ3) is 5.46. The van der Waals surface area contributed by atoms with Gasteiger partial charge in [0.15, 0.2) is 5.76 Å². The number of carboxylic acid groups (broad SMARTS) is 1. The SMILES string of the molecule is Cc1c(-c2cc(C(=O)[O-])c3c(O[C@H](C)c4ccc(S(=O)(=O)C(F)(F)F)cc4)ccc(C)c3n2)oc2ccccc12.[Na+]. The molecule has 0 bridgehead atoms. The Morgan fingerprint density at radius 1 is 1.02 bits per heavy atom. The molecule has 0 fully saturated rings. The predicted octanol–water partition coefficient (Wildman–Crippen LogP) is 3.07. The van der Waals surface area contributed by atoms with Gasteiger partial charge in [-0.15, -0.1) is 0 Å². The molecule has 0 spiro atoms. The van der Waals surface area contributed by atoms with E-state index < -0.39 is 32.3 Å². The number of aromatic nitrogens is 1. The van der Waals surface area contributed by atoms with Gasteiger partial charge in [-0.25, -0.2) is 13.4 Å². The number of hydrogen-bond donors (Lipinski definition) is 0. The molecule has 2 heterocycles. The van der Waals surface area contributed by atoms with E-state index in [4.69, 9.17) is 14.1 Å². The summed E-state index contributed by atoms with van der Waals surface area (Å²) in [5.74, 6) is -0.898. The number of halogens is 3. The van der Waals surface area contributed by atoms with Gasteiger partial charge in [0.2, 0.25) is 0 Å². The topological polar surface area (TPSA) is 110 Å². The van der Waals surface area contributed by atoms with Crippen LogP contribution < -0.4 is 39.4 Å². The first-order valence-electron chi connectivity index (χ1n) is 12.0. The summed E-state index contributed by atoms with van der Waals surface area (Å²) in [6.07, 6.45) is -0.791.